The molecule has 0 bridgehead atoms. The Hall–Kier alpha value is -2.33. The van der Waals surface area contributed by atoms with Gasteiger partial charge in [0.25, 0.3) is 0 Å². The number of benzene rings is 2. The van der Waals surface area contributed by atoms with Crippen molar-refractivity contribution in [2.75, 3.05) is 12.0 Å². The number of anilines is 1. The summed E-state index contributed by atoms with van der Waals surface area (Å²) in [6.07, 6.45) is 0.173. The Balaban J connectivity index is 1.89. The van der Waals surface area contributed by atoms with Crippen molar-refractivity contribution >= 4 is 29.1 Å². The summed E-state index contributed by atoms with van der Waals surface area (Å²) in [5.74, 6) is -0.184. The van der Waals surface area contributed by atoms with Gasteiger partial charge in [-0.1, -0.05) is 23.7 Å². The fourth-order valence-electron chi connectivity index (χ4n) is 2.59. The van der Waals surface area contributed by atoms with Crippen molar-refractivity contribution < 1.29 is 14.3 Å². The third-order valence-electron chi connectivity index (χ3n) is 3.75. The van der Waals surface area contributed by atoms with Crippen LogP contribution in [0, 0.1) is 0 Å². The summed E-state index contributed by atoms with van der Waals surface area (Å²) in [6, 6.07) is 13.9. The number of rotatable bonds is 3. The van der Waals surface area contributed by atoms with Crippen LogP contribution in [0.4, 0.5) is 5.69 Å². The van der Waals surface area contributed by atoms with E-state index in [4.69, 9.17) is 16.3 Å². The molecule has 0 saturated carbocycles. The smallest absolute Gasteiger partial charge is 0.241 e. The molecule has 4 nitrogen and oxygen atoms in total. The average molecular weight is 316 g/mol. The van der Waals surface area contributed by atoms with Crippen molar-refractivity contribution in [3.05, 3.63) is 59.1 Å². The fourth-order valence-corrected chi connectivity index (χ4v) is 2.72. The lowest BCUT2D eigenvalue weighted by Crippen LogP contribution is -2.29. The van der Waals surface area contributed by atoms with Crippen molar-refractivity contribution in [3.8, 4) is 5.75 Å². The number of imide groups is 1. The predicted molar refractivity (Wildman–Crippen MR) is 84.3 cm³/mol. The number of carbonyl (C=O) groups excluding carboxylic acids is 2. The third-order valence-corrected chi connectivity index (χ3v) is 4.00. The molecule has 1 aliphatic heterocycles. The first-order chi connectivity index (χ1) is 10.6. The van der Waals surface area contributed by atoms with E-state index < -0.39 is 5.92 Å². The molecular weight excluding hydrogens is 302 g/mol. The zero-order valence-corrected chi connectivity index (χ0v) is 12.7. The lowest BCUT2D eigenvalue weighted by atomic mass is 9.98. The van der Waals surface area contributed by atoms with Crippen LogP contribution in [0.2, 0.25) is 5.02 Å². The van der Waals surface area contributed by atoms with E-state index in [1.54, 1.807) is 55.6 Å². The standard InChI is InChI=1S/C17H14ClNO3/c1-22-14-8-6-13(7-9-14)19-16(20)10-15(17(19)21)11-2-4-12(18)5-3-11/h2-9,15H,10H2,1H3/t15-/m0/s1. The van der Waals surface area contributed by atoms with E-state index in [0.29, 0.717) is 16.5 Å². The van der Waals surface area contributed by atoms with Gasteiger partial charge in [0.1, 0.15) is 5.75 Å². The van der Waals surface area contributed by atoms with Crippen LogP contribution in [0.1, 0.15) is 17.9 Å². The molecule has 112 valence electrons. The van der Waals surface area contributed by atoms with Crippen LogP contribution in [-0.2, 0) is 9.59 Å². The van der Waals surface area contributed by atoms with Crippen molar-refractivity contribution in [2.45, 2.75) is 12.3 Å². The Kier molecular flexibility index (Phi) is 3.86. The first-order valence-corrected chi connectivity index (χ1v) is 7.24. The number of nitrogens with zero attached hydrogens (tertiary/aromatic N) is 1. The number of carbonyl (C=O) groups is 2. The van der Waals surface area contributed by atoms with Gasteiger partial charge in [0.05, 0.1) is 18.7 Å². The number of ether oxygens (including phenoxy) is 1. The molecule has 1 atom stereocenters. The van der Waals surface area contributed by atoms with Gasteiger partial charge in [-0.3, -0.25) is 14.5 Å². The molecule has 5 heteroatoms. The quantitative estimate of drug-likeness (QED) is 0.816. The van der Waals surface area contributed by atoms with Gasteiger partial charge in [-0.05, 0) is 42.0 Å². The highest BCUT2D eigenvalue weighted by Gasteiger charge is 2.40. The first kappa shape index (κ1) is 14.6. The van der Waals surface area contributed by atoms with Gasteiger partial charge in [-0.2, -0.15) is 0 Å². The Morgan fingerprint density at radius 2 is 1.68 bits per heavy atom. The van der Waals surface area contributed by atoms with Gasteiger partial charge < -0.3 is 4.74 Å². The Morgan fingerprint density at radius 1 is 1.05 bits per heavy atom. The molecule has 0 spiro atoms. The molecule has 2 aromatic carbocycles. The zero-order chi connectivity index (χ0) is 15.7. The second-order valence-electron chi connectivity index (χ2n) is 5.07. The number of methoxy groups -OCH3 is 1. The third kappa shape index (κ3) is 2.57. The van der Waals surface area contributed by atoms with Crippen molar-refractivity contribution in [1.82, 2.24) is 0 Å². The van der Waals surface area contributed by atoms with Gasteiger partial charge in [0.2, 0.25) is 11.8 Å². The zero-order valence-electron chi connectivity index (χ0n) is 12.0. The van der Waals surface area contributed by atoms with E-state index in [1.807, 2.05) is 0 Å². The molecule has 0 N–H and O–H groups in total. The highest BCUT2D eigenvalue weighted by atomic mass is 35.5. The summed E-state index contributed by atoms with van der Waals surface area (Å²) in [6.45, 7) is 0. The van der Waals surface area contributed by atoms with Crippen LogP contribution in [0.25, 0.3) is 0 Å². The maximum absolute atomic E-state index is 12.6. The van der Waals surface area contributed by atoms with Gasteiger partial charge in [0, 0.05) is 11.4 Å². The number of hydrogen-bond donors (Lipinski definition) is 0. The second kappa shape index (κ2) is 5.81. The number of hydrogen-bond acceptors (Lipinski definition) is 3. The van der Waals surface area contributed by atoms with Gasteiger partial charge in [0.15, 0.2) is 0 Å². The molecule has 2 amide bonds. The summed E-state index contributed by atoms with van der Waals surface area (Å²) < 4.78 is 5.09. The molecule has 1 heterocycles. The summed E-state index contributed by atoms with van der Waals surface area (Å²) in [7, 11) is 1.57. The van der Waals surface area contributed by atoms with E-state index in [-0.39, 0.29) is 18.2 Å². The van der Waals surface area contributed by atoms with Crippen LogP contribution < -0.4 is 9.64 Å². The van der Waals surface area contributed by atoms with E-state index >= 15 is 0 Å². The number of halogens is 1. The van der Waals surface area contributed by atoms with Crippen molar-refractivity contribution in [2.24, 2.45) is 0 Å². The van der Waals surface area contributed by atoms with E-state index in [1.165, 1.54) is 4.90 Å². The van der Waals surface area contributed by atoms with Crippen LogP contribution in [0.3, 0.4) is 0 Å². The van der Waals surface area contributed by atoms with Crippen LogP contribution in [-0.4, -0.2) is 18.9 Å². The molecule has 1 fully saturated rings. The molecule has 0 aromatic heterocycles. The summed E-state index contributed by atoms with van der Waals surface area (Å²) in [4.78, 5) is 26.1. The minimum absolute atomic E-state index is 0.173. The van der Waals surface area contributed by atoms with Gasteiger partial charge in [-0.25, -0.2) is 0 Å². The second-order valence-corrected chi connectivity index (χ2v) is 5.51. The average Bonchev–Trinajstić information content (AvgIpc) is 2.83. The van der Waals surface area contributed by atoms with E-state index in [2.05, 4.69) is 0 Å². The molecule has 0 unspecified atom stereocenters. The topological polar surface area (TPSA) is 46.6 Å². The highest BCUT2D eigenvalue weighted by Crippen LogP contribution is 2.34. The Bertz CT molecular complexity index is 710. The minimum Gasteiger partial charge on any atom is -0.497 e. The molecule has 0 radical (unpaired) electrons. The monoisotopic (exact) mass is 315 g/mol. The maximum atomic E-state index is 12.6. The molecular formula is C17H14ClNO3. The Morgan fingerprint density at radius 3 is 2.27 bits per heavy atom. The SMILES string of the molecule is COc1ccc(N2C(=O)C[C@@H](c3ccc(Cl)cc3)C2=O)cc1. The normalized spacial score (nSPS) is 17.9. The molecule has 2 aromatic rings. The van der Waals surface area contributed by atoms with E-state index in [0.717, 1.165) is 5.56 Å². The van der Waals surface area contributed by atoms with Crippen LogP contribution in [0.5, 0.6) is 5.75 Å². The molecule has 0 aliphatic carbocycles. The minimum atomic E-state index is -0.452. The number of amides is 2. The highest BCUT2D eigenvalue weighted by molar-refractivity contribution is 6.30. The van der Waals surface area contributed by atoms with Crippen molar-refractivity contribution in [3.63, 3.8) is 0 Å². The molecule has 3 rings (SSSR count). The molecule has 1 saturated heterocycles. The fraction of sp³-hybridized carbons (Fsp3) is 0.176. The summed E-state index contributed by atoms with van der Waals surface area (Å²) in [5.41, 5.74) is 1.37. The van der Waals surface area contributed by atoms with E-state index in [9.17, 15) is 9.59 Å². The van der Waals surface area contributed by atoms with Crippen molar-refractivity contribution in [1.29, 1.82) is 0 Å². The summed E-state index contributed by atoms with van der Waals surface area (Å²) in [5, 5.41) is 0.604. The van der Waals surface area contributed by atoms with Gasteiger partial charge in [-0.15, -0.1) is 0 Å². The first-order valence-electron chi connectivity index (χ1n) is 6.86. The van der Waals surface area contributed by atoms with Crippen LogP contribution in [0.15, 0.2) is 48.5 Å². The molecule has 1 aliphatic rings. The Labute approximate surface area is 133 Å². The largest absolute Gasteiger partial charge is 0.497 e. The predicted octanol–water partition coefficient (Wildman–Crippen LogP) is 3.40. The lowest BCUT2D eigenvalue weighted by molar-refractivity contribution is -0.121. The van der Waals surface area contributed by atoms with Gasteiger partial charge >= 0.3 is 0 Å². The maximum Gasteiger partial charge on any atom is 0.241 e. The lowest BCUT2D eigenvalue weighted by Gasteiger charge is -2.15. The molecule has 22 heavy (non-hydrogen) atoms. The van der Waals surface area contributed by atoms with Crippen LogP contribution >= 0.6 is 11.6 Å². The summed E-state index contributed by atoms with van der Waals surface area (Å²) >= 11 is 5.86.